The van der Waals surface area contributed by atoms with Crippen LogP contribution in [0.5, 0.6) is 0 Å². The molecule has 6 aliphatic rings. The molecular weight excluding hydrogens is 813 g/mol. The van der Waals surface area contributed by atoms with Crippen LogP contribution in [0.1, 0.15) is 95.9 Å². The summed E-state index contributed by atoms with van der Waals surface area (Å²) in [7, 11) is -9.48. The van der Waals surface area contributed by atoms with E-state index < -0.39 is 44.0 Å². The summed E-state index contributed by atoms with van der Waals surface area (Å²) in [5.74, 6) is -2.94. The summed E-state index contributed by atoms with van der Waals surface area (Å²) < 4.78 is 54.6. The van der Waals surface area contributed by atoms with Crippen molar-refractivity contribution in [2.75, 3.05) is 23.7 Å². The molecule has 0 saturated carbocycles. The topological polar surface area (TPSA) is 210 Å². The molecule has 4 amide bonds. The molecule has 2 heterocycles. The number of benzene rings is 2. The fourth-order valence-corrected chi connectivity index (χ4v) is 11.2. The summed E-state index contributed by atoms with van der Waals surface area (Å²) in [5.41, 5.74) is 9.02. The van der Waals surface area contributed by atoms with Crippen molar-refractivity contribution in [3.05, 3.63) is 91.8 Å². The monoisotopic (exact) mass is 862 g/mol. The Balaban J connectivity index is 1.02. The molecule has 320 valence electrons. The second kappa shape index (κ2) is 17.5. The molecule has 0 aromatic heterocycles. The minimum absolute atomic E-state index is 0.0606. The number of hydroxylamine groups is 2. The summed E-state index contributed by atoms with van der Waals surface area (Å²) in [4.78, 5) is 64.5. The maximum atomic E-state index is 13.9. The number of nitrogens with one attached hydrogen (secondary N) is 4. The van der Waals surface area contributed by atoms with E-state index in [1.807, 2.05) is 0 Å². The van der Waals surface area contributed by atoms with E-state index in [0.29, 0.717) is 75.1 Å². The quantitative estimate of drug-likeness (QED) is 0.190. The molecule has 4 aliphatic carbocycles. The minimum Gasteiger partial charge on any atom is -0.316 e. The Morgan fingerprint density at radius 3 is 1.22 bits per heavy atom. The van der Waals surface area contributed by atoms with Gasteiger partial charge in [-0.3, -0.25) is 0 Å². The third-order valence-corrected chi connectivity index (χ3v) is 14.5. The van der Waals surface area contributed by atoms with Crippen LogP contribution < -0.4 is 21.3 Å². The molecule has 2 aromatic carbocycles. The molecule has 2 saturated heterocycles. The Morgan fingerprint density at radius 1 is 0.550 bits per heavy atom. The first-order valence-corrected chi connectivity index (χ1v) is 23.9. The zero-order valence-electron chi connectivity index (χ0n) is 33.3. The maximum Gasteiger partial charge on any atom is 0.370 e. The standard InChI is InChI=1S/C42H50N6O10S2/c49-37(57-47(59(53,54)23-19-31-11-5-21-43-31)41(51)45-39-33-13-1-7-27(33)25-28-8-2-14-34(28)39)17-18-38(50)58-48(60(55,56)24-20-32-12-6-22-44-32)42(52)46-40-35-15-3-9-29(35)26-30-10-4-16-36(30)40/h17-20,23-26,31-32,43-44H,1-16,21-22H2,(H,45,51)(H,46,52)/b18-17-,23-19+,24-20+/t31-,32-/m1/s1. The van der Waals surface area contributed by atoms with Gasteiger partial charge in [0.15, 0.2) is 0 Å². The smallest absolute Gasteiger partial charge is 0.316 e. The van der Waals surface area contributed by atoms with Crippen LogP contribution in [-0.2, 0) is 90.7 Å². The zero-order valence-corrected chi connectivity index (χ0v) is 34.9. The van der Waals surface area contributed by atoms with Gasteiger partial charge in [-0.1, -0.05) is 24.3 Å². The minimum atomic E-state index is -4.74. The van der Waals surface area contributed by atoms with E-state index in [1.54, 1.807) is 0 Å². The van der Waals surface area contributed by atoms with Gasteiger partial charge >= 0.3 is 24.0 Å². The number of nitrogens with zero attached hydrogens (tertiary/aromatic N) is 2. The predicted octanol–water partition coefficient (Wildman–Crippen LogP) is 4.67. The second-order valence-corrected chi connectivity index (χ2v) is 19.4. The molecular formula is C42H50N6O10S2. The third-order valence-electron chi connectivity index (χ3n) is 12.1. The average molecular weight is 863 g/mol. The van der Waals surface area contributed by atoms with Crippen molar-refractivity contribution in [3.63, 3.8) is 0 Å². The lowest BCUT2D eigenvalue weighted by atomic mass is 9.99. The van der Waals surface area contributed by atoms with E-state index in [4.69, 9.17) is 9.68 Å². The van der Waals surface area contributed by atoms with Gasteiger partial charge in [-0.25, -0.2) is 19.2 Å². The largest absolute Gasteiger partial charge is 0.370 e. The molecule has 60 heavy (non-hydrogen) atoms. The number of carbonyl (C=O) groups is 4. The van der Waals surface area contributed by atoms with E-state index in [-0.39, 0.29) is 21.0 Å². The number of hydrogen-bond donors (Lipinski definition) is 4. The second-order valence-electron chi connectivity index (χ2n) is 16.1. The first-order valence-electron chi connectivity index (χ1n) is 20.9. The van der Waals surface area contributed by atoms with Crippen molar-refractivity contribution < 1.29 is 45.7 Å². The van der Waals surface area contributed by atoms with Gasteiger partial charge in [0.1, 0.15) is 0 Å². The molecule has 2 aliphatic heterocycles. The molecule has 0 spiro atoms. The van der Waals surface area contributed by atoms with Crippen LogP contribution in [0.2, 0.25) is 0 Å². The number of urea groups is 2. The van der Waals surface area contributed by atoms with Crippen LogP contribution in [0, 0.1) is 0 Å². The number of anilines is 2. The van der Waals surface area contributed by atoms with Crippen LogP contribution >= 0.6 is 0 Å². The Morgan fingerprint density at radius 2 is 0.900 bits per heavy atom. The Kier molecular flexibility index (Phi) is 12.2. The highest BCUT2D eigenvalue weighted by Gasteiger charge is 2.36. The van der Waals surface area contributed by atoms with Crippen molar-refractivity contribution in [3.8, 4) is 0 Å². The van der Waals surface area contributed by atoms with Crippen LogP contribution in [0.4, 0.5) is 21.0 Å². The molecule has 2 fully saturated rings. The Bertz CT molecular complexity index is 2170. The molecule has 2 aromatic rings. The van der Waals surface area contributed by atoms with E-state index in [0.717, 1.165) is 120 Å². The molecule has 0 radical (unpaired) electrons. The molecule has 0 unspecified atom stereocenters. The number of amides is 4. The summed E-state index contributed by atoms with van der Waals surface area (Å²) in [6.45, 7) is 1.37. The fraction of sp³-hybridized carbons (Fsp3) is 0.476. The van der Waals surface area contributed by atoms with Crippen molar-refractivity contribution in [2.45, 2.75) is 115 Å². The van der Waals surface area contributed by atoms with E-state index >= 15 is 0 Å². The first kappa shape index (κ1) is 41.7. The van der Waals surface area contributed by atoms with Gasteiger partial charge < -0.3 is 30.9 Å². The Hall–Kier alpha value is -5.04. The molecule has 18 heteroatoms. The molecule has 8 rings (SSSR count). The van der Waals surface area contributed by atoms with Crippen LogP contribution in [0.3, 0.4) is 0 Å². The average Bonchev–Trinajstić information content (AvgIpc) is 4.07. The van der Waals surface area contributed by atoms with Crippen molar-refractivity contribution in [1.82, 2.24) is 19.6 Å². The molecule has 4 N–H and O–H groups in total. The molecule has 2 atom stereocenters. The molecule has 0 bridgehead atoms. The Labute approximate surface area is 349 Å². The highest BCUT2D eigenvalue weighted by Crippen LogP contribution is 2.40. The number of carbonyl (C=O) groups excluding carboxylic acids is 4. The van der Waals surface area contributed by atoms with Gasteiger partial charge in [0.05, 0.1) is 10.8 Å². The number of hydrogen-bond acceptors (Lipinski definition) is 12. The van der Waals surface area contributed by atoms with Gasteiger partial charge in [-0.15, -0.1) is 0 Å². The summed E-state index contributed by atoms with van der Waals surface area (Å²) >= 11 is 0. The van der Waals surface area contributed by atoms with Crippen LogP contribution in [0.15, 0.2) is 47.3 Å². The number of rotatable bonds is 10. The van der Waals surface area contributed by atoms with E-state index in [9.17, 15) is 36.0 Å². The SMILES string of the molecule is O=C(/C=C\C(=O)ON(C(=O)Nc1c2c(cc3c1CCC3)CCC2)S(=O)(=O)/C=C/[C@H]1CCCN1)ON(C(=O)Nc1c2c(cc3c1CCC3)CCC2)S(=O)(=O)/C=C/[C@H]1CCCN1. The lowest BCUT2D eigenvalue weighted by molar-refractivity contribution is -0.157. The van der Waals surface area contributed by atoms with Gasteiger partial charge in [0.25, 0.3) is 20.0 Å². The number of fused-ring (bicyclic) bond motifs is 4. The van der Waals surface area contributed by atoms with Gasteiger partial charge in [-0.2, -0.15) is 16.8 Å². The number of aryl methyl sites for hydroxylation is 4. The van der Waals surface area contributed by atoms with E-state index in [2.05, 4.69) is 33.4 Å². The van der Waals surface area contributed by atoms with Crippen molar-refractivity contribution in [1.29, 1.82) is 0 Å². The lowest BCUT2D eigenvalue weighted by Crippen LogP contribution is -2.41. The zero-order chi connectivity index (χ0) is 42.0. The highest BCUT2D eigenvalue weighted by molar-refractivity contribution is 7.92. The van der Waals surface area contributed by atoms with Gasteiger partial charge in [0, 0.05) is 35.6 Å². The van der Waals surface area contributed by atoms with Crippen molar-refractivity contribution in [2.24, 2.45) is 0 Å². The lowest BCUT2D eigenvalue weighted by Gasteiger charge is -2.22. The van der Waals surface area contributed by atoms with Gasteiger partial charge in [0.2, 0.25) is 0 Å². The third kappa shape index (κ3) is 9.01. The fourth-order valence-electron chi connectivity index (χ4n) is 9.27. The molecule has 16 nitrogen and oxygen atoms in total. The van der Waals surface area contributed by atoms with E-state index in [1.165, 1.54) is 12.2 Å². The van der Waals surface area contributed by atoms with Crippen LogP contribution in [0.25, 0.3) is 0 Å². The van der Waals surface area contributed by atoms with Gasteiger partial charge in [-0.05, 0) is 169 Å². The first-order chi connectivity index (χ1) is 28.9. The van der Waals surface area contributed by atoms with Crippen LogP contribution in [-0.4, -0.2) is 74.9 Å². The van der Waals surface area contributed by atoms with Crippen molar-refractivity contribution >= 4 is 55.4 Å². The normalized spacial score (nSPS) is 20.7. The maximum absolute atomic E-state index is 13.9. The summed E-state index contributed by atoms with van der Waals surface area (Å²) in [5, 5.41) is 13.3. The number of sulfonamides is 2. The summed E-state index contributed by atoms with van der Waals surface area (Å²) in [6.07, 6.45) is 16.3. The summed E-state index contributed by atoms with van der Waals surface area (Å²) in [6, 6.07) is 1.26. The predicted molar refractivity (Wildman–Crippen MR) is 222 cm³/mol. The highest BCUT2D eigenvalue weighted by atomic mass is 32.2.